The minimum absolute atomic E-state index is 0. The fourth-order valence-corrected chi connectivity index (χ4v) is 2.71. The number of nitrogens with two attached hydrogens (primary N) is 1. The van der Waals surface area contributed by atoms with Gasteiger partial charge in [-0.05, 0) is 12.8 Å². The maximum absolute atomic E-state index is 12.6. The van der Waals surface area contributed by atoms with Crippen LogP contribution in [0.25, 0.3) is 0 Å². The van der Waals surface area contributed by atoms with E-state index < -0.39 is 11.8 Å². The fraction of sp³-hybridized carbons (Fsp3) is 0.700. The van der Waals surface area contributed by atoms with Gasteiger partial charge in [-0.2, -0.15) is 13.2 Å². The molecule has 0 atom stereocenters. The molecule has 1 aliphatic heterocycles. The molecule has 1 aromatic heterocycles. The van der Waals surface area contributed by atoms with E-state index in [1.165, 1.54) is 11.3 Å². The molecular formula is C10H15ClF3N3OS. The van der Waals surface area contributed by atoms with E-state index in [4.69, 9.17) is 5.73 Å². The Kier molecular flexibility index (Phi) is 5.05. The van der Waals surface area contributed by atoms with Crippen LogP contribution in [-0.2, 0) is 6.54 Å². The number of likely N-dealkylation sites (tertiary alicyclic amines) is 1. The van der Waals surface area contributed by atoms with Crippen LogP contribution < -0.4 is 5.73 Å². The van der Waals surface area contributed by atoms with Crippen LogP contribution in [0.1, 0.15) is 17.7 Å². The van der Waals surface area contributed by atoms with Crippen LogP contribution in [-0.4, -0.2) is 39.9 Å². The van der Waals surface area contributed by atoms with Crippen LogP contribution >= 0.6 is 23.7 Å². The third-order valence-electron chi connectivity index (χ3n) is 3.16. The Hall–Kier alpha value is -0.570. The van der Waals surface area contributed by atoms with E-state index in [1.54, 1.807) is 6.20 Å². The molecule has 1 aliphatic rings. The predicted octanol–water partition coefficient (Wildman–Crippen LogP) is 2.04. The zero-order chi connectivity index (χ0) is 13.4. The van der Waals surface area contributed by atoms with Crippen molar-refractivity contribution in [1.29, 1.82) is 0 Å². The van der Waals surface area contributed by atoms with E-state index in [0.29, 0.717) is 11.7 Å². The number of nitrogen functional groups attached to an aromatic ring is 1. The first-order valence-corrected chi connectivity index (χ1v) is 6.33. The normalized spacial score (nSPS) is 20.0. The Balaban J connectivity index is 0.00000180. The van der Waals surface area contributed by atoms with Crippen LogP contribution in [0.15, 0.2) is 6.20 Å². The Labute approximate surface area is 118 Å². The Bertz CT molecular complexity index is 418. The number of rotatable bonds is 2. The summed E-state index contributed by atoms with van der Waals surface area (Å²) in [6.45, 7) is 0.963. The molecule has 1 aromatic rings. The Morgan fingerprint density at radius 3 is 2.42 bits per heavy atom. The monoisotopic (exact) mass is 317 g/mol. The molecule has 19 heavy (non-hydrogen) atoms. The number of hydrogen-bond donors (Lipinski definition) is 2. The zero-order valence-corrected chi connectivity index (χ0v) is 11.6. The van der Waals surface area contributed by atoms with Gasteiger partial charge in [0.1, 0.15) is 0 Å². The van der Waals surface area contributed by atoms with E-state index in [2.05, 4.69) is 4.98 Å². The topological polar surface area (TPSA) is 62.4 Å². The minimum atomic E-state index is -4.55. The van der Waals surface area contributed by atoms with Crippen molar-refractivity contribution in [3.05, 3.63) is 11.1 Å². The second kappa shape index (κ2) is 5.82. The lowest BCUT2D eigenvalue weighted by molar-refractivity contribution is -0.272. The molecular weight excluding hydrogens is 303 g/mol. The van der Waals surface area contributed by atoms with Gasteiger partial charge in [-0.15, -0.1) is 23.7 Å². The largest absolute Gasteiger partial charge is 0.417 e. The molecule has 0 amide bonds. The van der Waals surface area contributed by atoms with Crippen LogP contribution in [0.2, 0.25) is 0 Å². The van der Waals surface area contributed by atoms with Gasteiger partial charge >= 0.3 is 6.18 Å². The third kappa shape index (κ3) is 3.71. The smallest absolute Gasteiger partial charge is 0.380 e. The summed E-state index contributed by atoms with van der Waals surface area (Å²) in [5.41, 5.74) is 2.95. The summed E-state index contributed by atoms with van der Waals surface area (Å²) in [6.07, 6.45) is -3.49. The van der Waals surface area contributed by atoms with E-state index in [9.17, 15) is 18.3 Å². The van der Waals surface area contributed by atoms with Gasteiger partial charge in [0, 0.05) is 30.7 Å². The number of nitrogens with zero attached hydrogens (tertiary/aromatic N) is 2. The van der Waals surface area contributed by atoms with Crippen molar-refractivity contribution in [1.82, 2.24) is 9.88 Å². The summed E-state index contributed by atoms with van der Waals surface area (Å²) >= 11 is 1.33. The number of halogens is 4. The third-order valence-corrected chi connectivity index (χ3v) is 3.97. The maximum Gasteiger partial charge on any atom is 0.417 e. The summed E-state index contributed by atoms with van der Waals surface area (Å²) in [4.78, 5) is 6.68. The average molecular weight is 318 g/mol. The van der Waals surface area contributed by atoms with Gasteiger partial charge in [0.2, 0.25) is 0 Å². The Morgan fingerprint density at radius 2 is 2.00 bits per heavy atom. The van der Waals surface area contributed by atoms with Crippen molar-refractivity contribution in [2.45, 2.75) is 31.2 Å². The van der Waals surface area contributed by atoms with Gasteiger partial charge in [-0.25, -0.2) is 4.98 Å². The maximum atomic E-state index is 12.6. The summed E-state index contributed by atoms with van der Waals surface area (Å²) in [7, 11) is 0. The molecule has 0 radical (unpaired) electrons. The number of hydrogen-bond acceptors (Lipinski definition) is 5. The number of aliphatic hydroxyl groups is 1. The second-order valence-corrected chi connectivity index (χ2v) is 5.62. The number of thiazole rings is 1. The highest BCUT2D eigenvalue weighted by molar-refractivity contribution is 7.15. The highest BCUT2D eigenvalue weighted by Crippen LogP contribution is 2.38. The van der Waals surface area contributed by atoms with Crippen molar-refractivity contribution < 1.29 is 18.3 Å². The van der Waals surface area contributed by atoms with Crippen LogP contribution in [0.3, 0.4) is 0 Å². The molecule has 2 rings (SSSR count). The fourth-order valence-electron chi connectivity index (χ4n) is 1.98. The molecule has 0 bridgehead atoms. The molecule has 2 heterocycles. The van der Waals surface area contributed by atoms with Crippen molar-refractivity contribution >= 4 is 28.9 Å². The number of anilines is 1. The van der Waals surface area contributed by atoms with Gasteiger partial charge in [-0.1, -0.05) is 0 Å². The first-order valence-electron chi connectivity index (χ1n) is 5.52. The van der Waals surface area contributed by atoms with Crippen molar-refractivity contribution in [2.24, 2.45) is 0 Å². The molecule has 0 aliphatic carbocycles. The summed E-state index contributed by atoms with van der Waals surface area (Å²) in [5, 5.41) is 9.97. The molecule has 0 spiro atoms. The zero-order valence-electron chi connectivity index (χ0n) is 9.98. The molecule has 4 nitrogen and oxygen atoms in total. The SMILES string of the molecule is Cl.Nc1ncc(CN2CCC(O)(C(F)(F)F)CC2)s1. The van der Waals surface area contributed by atoms with Gasteiger partial charge in [0.15, 0.2) is 10.7 Å². The molecule has 110 valence electrons. The summed E-state index contributed by atoms with van der Waals surface area (Å²) in [5.74, 6) is 0. The molecule has 0 saturated carbocycles. The van der Waals surface area contributed by atoms with E-state index in [-0.39, 0.29) is 38.3 Å². The lowest BCUT2D eigenvalue weighted by atomic mass is 9.91. The van der Waals surface area contributed by atoms with Crippen molar-refractivity contribution in [3.8, 4) is 0 Å². The van der Waals surface area contributed by atoms with Gasteiger partial charge < -0.3 is 10.8 Å². The van der Waals surface area contributed by atoms with E-state index >= 15 is 0 Å². The standard InChI is InChI=1S/C10H14F3N3OS.ClH/c11-10(12,13)9(17)1-3-16(4-2-9)6-7-5-15-8(14)18-7;/h5,17H,1-4,6H2,(H2,14,15);1H. The molecule has 1 saturated heterocycles. The average Bonchev–Trinajstić information content (AvgIpc) is 2.66. The van der Waals surface area contributed by atoms with Crippen molar-refractivity contribution in [3.63, 3.8) is 0 Å². The lowest BCUT2D eigenvalue weighted by Crippen LogP contribution is -2.53. The quantitative estimate of drug-likeness (QED) is 0.876. The Morgan fingerprint density at radius 1 is 1.42 bits per heavy atom. The highest BCUT2D eigenvalue weighted by Gasteiger charge is 2.54. The van der Waals surface area contributed by atoms with Gasteiger partial charge in [-0.3, -0.25) is 4.90 Å². The molecule has 0 aromatic carbocycles. The molecule has 0 unspecified atom stereocenters. The van der Waals surface area contributed by atoms with Crippen LogP contribution in [0.5, 0.6) is 0 Å². The molecule has 9 heteroatoms. The highest BCUT2D eigenvalue weighted by atomic mass is 35.5. The van der Waals surface area contributed by atoms with Gasteiger partial charge in [0.25, 0.3) is 0 Å². The lowest BCUT2D eigenvalue weighted by Gasteiger charge is -2.38. The number of aromatic nitrogens is 1. The van der Waals surface area contributed by atoms with Crippen LogP contribution in [0, 0.1) is 0 Å². The first-order chi connectivity index (χ1) is 8.30. The molecule has 3 N–H and O–H groups in total. The summed E-state index contributed by atoms with van der Waals surface area (Å²) in [6, 6.07) is 0. The van der Waals surface area contributed by atoms with Crippen LogP contribution in [0.4, 0.5) is 18.3 Å². The minimum Gasteiger partial charge on any atom is -0.380 e. The first kappa shape index (κ1) is 16.5. The molecule has 1 fully saturated rings. The van der Waals surface area contributed by atoms with E-state index in [1.807, 2.05) is 4.90 Å². The summed E-state index contributed by atoms with van der Waals surface area (Å²) < 4.78 is 37.8. The van der Waals surface area contributed by atoms with Crippen molar-refractivity contribution in [2.75, 3.05) is 18.8 Å². The van der Waals surface area contributed by atoms with E-state index in [0.717, 1.165) is 4.88 Å². The number of piperidine rings is 1. The second-order valence-electron chi connectivity index (χ2n) is 4.47. The predicted molar refractivity (Wildman–Crippen MR) is 69.3 cm³/mol. The van der Waals surface area contributed by atoms with Gasteiger partial charge in [0.05, 0.1) is 0 Å². The number of alkyl halides is 3.